The molecule has 0 bridgehead atoms. The van der Waals surface area contributed by atoms with E-state index in [1.807, 2.05) is 36.5 Å². The summed E-state index contributed by atoms with van der Waals surface area (Å²) in [5.41, 5.74) is 5.43. The highest BCUT2D eigenvalue weighted by Crippen LogP contribution is 2.33. The third-order valence-electron chi connectivity index (χ3n) is 6.69. The van der Waals surface area contributed by atoms with Gasteiger partial charge in [0.15, 0.2) is 5.82 Å². The molecule has 8 heteroatoms. The number of aliphatic hydroxyl groups is 1. The summed E-state index contributed by atoms with van der Waals surface area (Å²) in [6.45, 7) is 5.96. The molecule has 0 radical (unpaired) electrons. The van der Waals surface area contributed by atoms with Gasteiger partial charge >= 0.3 is 0 Å². The van der Waals surface area contributed by atoms with E-state index in [9.17, 15) is 5.11 Å². The quantitative estimate of drug-likeness (QED) is 0.488. The van der Waals surface area contributed by atoms with Crippen molar-refractivity contribution in [3.05, 3.63) is 65.1 Å². The van der Waals surface area contributed by atoms with Gasteiger partial charge in [-0.3, -0.25) is 4.98 Å². The maximum absolute atomic E-state index is 10.00. The number of pyridine rings is 1. The van der Waals surface area contributed by atoms with Crippen LogP contribution in [0.1, 0.15) is 28.9 Å². The Morgan fingerprint density at radius 2 is 2.14 bits per heavy atom. The molecule has 0 aliphatic carbocycles. The molecule has 2 aliphatic heterocycles. The van der Waals surface area contributed by atoms with Crippen LogP contribution in [0.2, 0.25) is 0 Å². The number of benzene rings is 1. The highest BCUT2D eigenvalue weighted by atomic mass is 16.5. The van der Waals surface area contributed by atoms with Crippen LogP contribution < -0.4 is 15.0 Å². The van der Waals surface area contributed by atoms with E-state index in [0.29, 0.717) is 24.0 Å². The number of ether oxygens (including phenoxy) is 2. The number of nitrogens with one attached hydrogen (secondary N) is 1. The summed E-state index contributed by atoms with van der Waals surface area (Å²) >= 11 is 0. The maximum atomic E-state index is 10.00. The molecule has 2 aliphatic rings. The normalized spacial score (nSPS) is 18.0. The molecule has 1 fully saturated rings. The lowest BCUT2D eigenvalue weighted by molar-refractivity contribution is 0.108. The summed E-state index contributed by atoms with van der Waals surface area (Å²) in [5.74, 6) is 2.80. The molecule has 184 valence electrons. The van der Waals surface area contributed by atoms with Crippen LogP contribution in [0.3, 0.4) is 0 Å². The minimum absolute atomic E-state index is 0.219. The molecule has 2 N–H and O–H groups in total. The number of nitrogens with zero attached hydrogens (tertiary/aromatic N) is 4. The highest BCUT2D eigenvalue weighted by molar-refractivity contribution is 5.63. The van der Waals surface area contributed by atoms with Crippen molar-refractivity contribution in [3.63, 3.8) is 0 Å². The molecular formula is C27H33N5O3. The number of aliphatic hydroxyl groups excluding tert-OH is 1. The highest BCUT2D eigenvalue weighted by Gasteiger charge is 2.26. The zero-order chi connectivity index (χ0) is 24.2. The van der Waals surface area contributed by atoms with Crippen LogP contribution in [0, 0.1) is 12.8 Å². The molecule has 0 amide bonds. The van der Waals surface area contributed by atoms with E-state index >= 15 is 0 Å². The second-order valence-electron chi connectivity index (χ2n) is 9.39. The fourth-order valence-electron chi connectivity index (χ4n) is 4.77. The van der Waals surface area contributed by atoms with Gasteiger partial charge in [0.25, 0.3) is 0 Å². The van der Waals surface area contributed by atoms with Crippen molar-refractivity contribution in [2.45, 2.75) is 39.0 Å². The first-order valence-electron chi connectivity index (χ1n) is 12.3. The number of hydrogen-bond donors (Lipinski definition) is 2. The number of rotatable bonds is 9. The van der Waals surface area contributed by atoms with Crippen LogP contribution in [0.25, 0.3) is 11.4 Å². The average Bonchev–Trinajstić information content (AvgIpc) is 3.54. The molecule has 2 aromatic heterocycles. The minimum atomic E-state index is -0.573. The van der Waals surface area contributed by atoms with Crippen molar-refractivity contribution >= 4 is 5.82 Å². The molecular weight excluding hydrogens is 442 g/mol. The lowest BCUT2D eigenvalue weighted by atomic mass is 9.99. The monoisotopic (exact) mass is 475 g/mol. The summed E-state index contributed by atoms with van der Waals surface area (Å²) in [6, 6.07) is 11.9. The van der Waals surface area contributed by atoms with Gasteiger partial charge in [-0.15, -0.1) is 0 Å². The lowest BCUT2D eigenvalue weighted by Crippen LogP contribution is -2.29. The van der Waals surface area contributed by atoms with Crippen molar-refractivity contribution in [1.29, 1.82) is 0 Å². The van der Waals surface area contributed by atoms with E-state index < -0.39 is 6.10 Å². The molecule has 35 heavy (non-hydrogen) atoms. The van der Waals surface area contributed by atoms with Gasteiger partial charge in [0.2, 0.25) is 0 Å². The second-order valence-corrected chi connectivity index (χ2v) is 9.39. The van der Waals surface area contributed by atoms with Crippen LogP contribution in [0.4, 0.5) is 5.82 Å². The number of fused-ring (bicyclic) bond motifs is 1. The molecule has 1 aromatic carbocycles. The van der Waals surface area contributed by atoms with Gasteiger partial charge in [-0.2, -0.15) is 0 Å². The molecule has 0 spiro atoms. The van der Waals surface area contributed by atoms with Gasteiger partial charge in [-0.25, -0.2) is 9.97 Å². The van der Waals surface area contributed by atoms with Gasteiger partial charge in [-0.05, 0) is 56.5 Å². The lowest BCUT2D eigenvalue weighted by Gasteiger charge is -2.22. The maximum Gasteiger partial charge on any atom is 0.161 e. The zero-order valence-electron chi connectivity index (χ0n) is 20.4. The summed E-state index contributed by atoms with van der Waals surface area (Å²) < 4.78 is 11.5. The first-order chi connectivity index (χ1) is 17.1. The number of likely N-dealkylation sites (N-methyl/N-ethyl adjacent to an activating group) is 1. The summed E-state index contributed by atoms with van der Waals surface area (Å²) in [5, 5.41) is 13.0. The van der Waals surface area contributed by atoms with Crippen molar-refractivity contribution in [1.82, 2.24) is 20.3 Å². The Bertz CT molecular complexity index is 1140. The molecule has 4 heterocycles. The fraction of sp³-hybridized carbons (Fsp3) is 0.444. The zero-order valence-corrected chi connectivity index (χ0v) is 20.4. The topological polar surface area (TPSA) is 92.6 Å². The fourth-order valence-corrected chi connectivity index (χ4v) is 4.77. The van der Waals surface area contributed by atoms with E-state index in [-0.39, 0.29) is 6.61 Å². The van der Waals surface area contributed by atoms with Crippen LogP contribution in [0.15, 0.2) is 42.6 Å². The molecule has 1 saturated heterocycles. The smallest absolute Gasteiger partial charge is 0.161 e. The average molecular weight is 476 g/mol. The van der Waals surface area contributed by atoms with E-state index in [0.717, 1.165) is 67.5 Å². The van der Waals surface area contributed by atoms with Crippen LogP contribution in [-0.4, -0.2) is 59.6 Å². The third-order valence-corrected chi connectivity index (χ3v) is 6.69. The van der Waals surface area contributed by atoms with Crippen LogP contribution >= 0.6 is 0 Å². The van der Waals surface area contributed by atoms with Gasteiger partial charge in [0.1, 0.15) is 24.3 Å². The SMILES string of the molecule is CNCC(O)COc1cccc(-c2nc(C[C@@H]3CCOC3)c(C)c(N3Cc4cccnc4C3)n2)c1. The Morgan fingerprint density at radius 1 is 1.23 bits per heavy atom. The molecule has 5 rings (SSSR count). The van der Waals surface area contributed by atoms with Crippen molar-refractivity contribution in [2.75, 3.05) is 38.3 Å². The van der Waals surface area contributed by atoms with Gasteiger partial charge in [0, 0.05) is 49.3 Å². The first-order valence-corrected chi connectivity index (χ1v) is 12.3. The van der Waals surface area contributed by atoms with Crippen molar-refractivity contribution in [3.8, 4) is 17.1 Å². The molecule has 3 aromatic rings. The molecule has 0 saturated carbocycles. The van der Waals surface area contributed by atoms with E-state index in [1.54, 1.807) is 7.05 Å². The Labute approximate surface area is 206 Å². The van der Waals surface area contributed by atoms with E-state index in [1.165, 1.54) is 5.56 Å². The predicted octanol–water partition coefficient (Wildman–Crippen LogP) is 2.91. The third kappa shape index (κ3) is 5.45. The van der Waals surface area contributed by atoms with Crippen molar-refractivity contribution < 1.29 is 14.6 Å². The standard InChI is InChI=1S/C27H33N5O3/c1-18-24(11-19-8-10-34-16-19)30-26(20-5-3-7-23(12-20)35-17-22(33)13-28-2)31-27(18)32-14-21-6-4-9-29-25(21)15-32/h3-7,9,12,19,22,28,33H,8,10-11,13-17H2,1-2H3/t19-,22?/m0/s1. The number of aromatic nitrogens is 3. The minimum Gasteiger partial charge on any atom is -0.491 e. The molecule has 8 nitrogen and oxygen atoms in total. The molecule has 1 unspecified atom stereocenters. The first kappa shape index (κ1) is 23.7. The Hall–Kier alpha value is -3.07. The predicted molar refractivity (Wildman–Crippen MR) is 134 cm³/mol. The summed E-state index contributed by atoms with van der Waals surface area (Å²) in [6.07, 6.45) is 3.22. The number of anilines is 1. The van der Waals surface area contributed by atoms with Crippen LogP contribution in [0.5, 0.6) is 5.75 Å². The van der Waals surface area contributed by atoms with Gasteiger partial charge in [-0.1, -0.05) is 18.2 Å². The molecule has 2 atom stereocenters. The van der Waals surface area contributed by atoms with E-state index in [4.69, 9.17) is 19.4 Å². The Morgan fingerprint density at radius 3 is 2.94 bits per heavy atom. The van der Waals surface area contributed by atoms with Gasteiger partial charge in [0.05, 0.1) is 12.2 Å². The summed E-state index contributed by atoms with van der Waals surface area (Å²) in [7, 11) is 1.81. The van der Waals surface area contributed by atoms with Crippen molar-refractivity contribution in [2.24, 2.45) is 5.92 Å². The summed E-state index contributed by atoms with van der Waals surface area (Å²) in [4.78, 5) is 16.9. The largest absolute Gasteiger partial charge is 0.491 e. The van der Waals surface area contributed by atoms with Crippen LogP contribution in [-0.2, 0) is 24.2 Å². The van der Waals surface area contributed by atoms with E-state index in [2.05, 4.69) is 28.2 Å². The Kier molecular flexibility index (Phi) is 7.22. The van der Waals surface area contributed by atoms with Gasteiger partial charge < -0.3 is 24.8 Å². The second kappa shape index (κ2) is 10.7. The number of hydrogen-bond acceptors (Lipinski definition) is 8. The Balaban J connectivity index is 1.46.